The topological polar surface area (TPSA) is 38.7 Å². The van der Waals surface area contributed by atoms with Crippen LogP contribution in [-0.4, -0.2) is 15.0 Å². The van der Waals surface area contributed by atoms with Gasteiger partial charge in [0, 0.05) is 6.20 Å². The maximum atomic E-state index is 4.25. The summed E-state index contributed by atoms with van der Waals surface area (Å²) in [6, 6.07) is 3.76. The lowest BCUT2D eigenvalue weighted by atomic mass is 10.4. The molecule has 0 aliphatic rings. The molecule has 2 heterocycles. The first kappa shape index (κ1) is 9.58. The lowest BCUT2D eigenvalue weighted by molar-refractivity contribution is 1.15. The van der Waals surface area contributed by atoms with Crippen molar-refractivity contribution in [2.24, 2.45) is 0 Å². The Morgan fingerprint density at radius 3 is 2.69 bits per heavy atom. The Hall–Kier alpha value is -1.51. The van der Waals surface area contributed by atoms with Crippen LogP contribution in [0.5, 0.6) is 0 Å². The second-order valence-corrected chi connectivity index (χ2v) is 2.36. The van der Waals surface area contributed by atoms with Crippen LogP contribution < -0.4 is 0 Å². The van der Waals surface area contributed by atoms with Crippen molar-refractivity contribution in [2.45, 2.75) is 20.8 Å². The molecule has 0 fully saturated rings. The molecule has 0 N–H and O–H groups in total. The molecule has 68 valence electrons. The number of rotatable bonds is 0. The van der Waals surface area contributed by atoms with E-state index in [-0.39, 0.29) is 0 Å². The molecule has 3 nitrogen and oxygen atoms in total. The number of aromatic nitrogens is 3. The monoisotopic (exact) mass is 175 g/mol. The zero-order valence-electron chi connectivity index (χ0n) is 8.15. The van der Waals surface area contributed by atoms with Gasteiger partial charge in [-0.15, -0.1) is 0 Å². The van der Waals surface area contributed by atoms with Gasteiger partial charge in [0.15, 0.2) is 5.65 Å². The minimum Gasteiger partial charge on any atom is -0.248 e. The van der Waals surface area contributed by atoms with Crippen LogP contribution in [-0.2, 0) is 0 Å². The second-order valence-electron chi connectivity index (χ2n) is 2.36. The largest absolute Gasteiger partial charge is 0.248 e. The van der Waals surface area contributed by atoms with Crippen LogP contribution in [0.4, 0.5) is 0 Å². The molecule has 0 atom stereocenters. The highest BCUT2D eigenvalue weighted by Crippen LogP contribution is 2.03. The van der Waals surface area contributed by atoms with Gasteiger partial charge >= 0.3 is 0 Å². The summed E-state index contributed by atoms with van der Waals surface area (Å²) in [5.74, 6) is 0. The lowest BCUT2D eigenvalue weighted by Gasteiger charge is -1.94. The maximum absolute atomic E-state index is 4.25. The van der Waals surface area contributed by atoms with Gasteiger partial charge in [-0.25, -0.2) is 15.0 Å². The Labute approximate surface area is 77.9 Å². The van der Waals surface area contributed by atoms with E-state index in [0.29, 0.717) is 5.65 Å². The molecule has 0 aliphatic carbocycles. The number of aryl methyl sites for hydroxylation is 1. The molecule has 0 saturated heterocycles. The minimum atomic E-state index is 0.707. The summed E-state index contributed by atoms with van der Waals surface area (Å²) in [6.07, 6.45) is 3.43. The van der Waals surface area contributed by atoms with Crippen LogP contribution in [0.25, 0.3) is 11.2 Å². The molecular formula is C10H13N3. The Bertz CT molecular complexity index is 385. The molecule has 0 spiro atoms. The van der Waals surface area contributed by atoms with Crippen molar-refractivity contribution in [3.63, 3.8) is 0 Å². The highest BCUT2D eigenvalue weighted by Gasteiger charge is 1.93. The number of hydrogen-bond acceptors (Lipinski definition) is 3. The third kappa shape index (κ3) is 2.21. The molecule has 13 heavy (non-hydrogen) atoms. The Kier molecular flexibility index (Phi) is 3.31. The summed E-state index contributed by atoms with van der Waals surface area (Å²) in [5.41, 5.74) is 2.48. The average molecular weight is 175 g/mol. The zero-order chi connectivity index (χ0) is 9.68. The molecule has 3 heteroatoms. The van der Waals surface area contributed by atoms with Gasteiger partial charge in [-0.05, 0) is 19.1 Å². The number of hydrogen-bond donors (Lipinski definition) is 0. The molecule has 0 bridgehead atoms. The highest BCUT2D eigenvalue weighted by atomic mass is 14.9. The first-order valence-corrected chi connectivity index (χ1v) is 4.40. The molecule has 2 rings (SSSR count). The van der Waals surface area contributed by atoms with Gasteiger partial charge in [0.25, 0.3) is 0 Å². The van der Waals surface area contributed by atoms with E-state index in [1.54, 1.807) is 12.4 Å². The van der Waals surface area contributed by atoms with Gasteiger partial charge in [0.2, 0.25) is 0 Å². The molecule has 2 aromatic heterocycles. The van der Waals surface area contributed by atoms with Crippen molar-refractivity contribution in [2.75, 3.05) is 0 Å². The molecule has 2 aromatic rings. The smallest absolute Gasteiger partial charge is 0.178 e. The van der Waals surface area contributed by atoms with Crippen LogP contribution in [0.2, 0.25) is 0 Å². The Morgan fingerprint density at radius 1 is 1.15 bits per heavy atom. The first-order chi connectivity index (χ1) is 6.36. The summed E-state index contributed by atoms with van der Waals surface area (Å²) in [5, 5.41) is 0. The van der Waals surface area contributed by atoms with Crippen molar-refractivity contribution in [1.82, 2.24) is 15.0 Å². The van der Waals surface area contributed by atoms with Crippen LogP contribution >= 0.6 is 0 Å². The first-order valence-electron chi connectivity index (χ1n) is 4.40. The third-order valence-corrected chi connectivity index (χ3v) is 1.44. The third-order valence-electron chi connectivity index (χ3n) is 1.44. The summed E-state index contributed by atoms with van der Waals surface area (Å²) in [6.45, 7) is 5.92. The van der Waals surface area contributed by atoms with E-state index in [1.165, 1.54) is 0 Å². The van der Waals surface area contributed by atoms with E-state index >= 15 is 0 Å². The van der Waals surface area contributed by atoms with E-state index in [2.05, 4.69) is 15.0 Å². The highest BCUT2D eigenvalue weighted by molar-refractivity contribution is 5.68. The fraction of sp³-hybridized carbons (Fsp3) is 0.300. The summed E-state index contributed by atoms with van der Waals surface area (Å²) < 4.78 is 0. The van der Waals surface area contributed by atoms with Gasteiger partial charge < -0.3 is 0 Å². The van der Waals surface area contributed by atoms with E-state index < -0.39 is 0 Å². The fourth-order valence-electron chi connectivity index (χ4n) is 0.949. The van der Waals surface area contributed by atoms with Crippen molar-refractivity contribution < 1.29 is 0 Å². The zero-order valence-corrected chi connectivity index (χ0v) is 8.15. The van der Waals surface area contributed by atoms with Crippen LogP contribution in [0.1, 0.15) is 19.5 Å². The molecule has 0 unspecified atom stereocenters. The average Bonchev–Trinajstić information content (AvgIpc) is 2.21. The van der Waals surface area contributed by atoms with E-state index in [9.17, 15) is 0 Å². The maximum Gasteiger partial charge on any atom is 0.178 e. The molecule has 0 saturated carbocycles. The van der Waals surface area contributed by atoms with Gasteiger partial charge in [0.1, 0.15) is 5.52 Å². The molecular weight excluding hydrogens is 162 g/mol. The predicted octanol–water partition coefficient (Wildman–Crippen LogP) is 2.36. The van der Waals surface area contributed by atoms with Crippen molar-refractivity contribution >= 4 is 11.2 Å². The van der Waals surface area contributed by atoms with Crippen molar-refractivity contribution in [1.29, 1.82) is 0 Å². The molecule has 0 aromatic carbocycles. The van der Waals surface area contributed by atoms with Gasteiger partial charge in [-0.2, -0.15) is 0 Å². The number of nitrogens with zero attached hydrogens (tertiary/aromatic N) is 3. The van der Waals surface area contributed by atoms with Gasteiger partial charge in [-0.3, -0.25) is 0 Å². The van der Waals surface area contributed by atoms with Crippen molar-refractivity contribution in [3.8, 4) is 0 Å². The van der Waals surface area contributed by atoms with E-state index in [1.807, 2.05) is 32.9 Å². The SMILES string of the molecule is CC.Cc1cnc2ncccc2n1. The van der Waals surface area contributed by atoms with Crippen LogP contribution in [0.15, 0.2) is 24.5 Å². The van der Waals surface area contributed by atoms with Crippen LogP contribution in [0, 0.1) is 6.92 Å². The second kappa shape index (κ2) is 4.50. The van der Waals surface area contributed by atoms with Gasteiger partial charge in [-0.1, -0.05) is 13.8 Å². The minimum absolute atomic E-state index is 0.707. The van der Waals surface area contributed by atoms with E-state index in [4.69, 9.17) is 0 Å². The number of pyridine rings is 1. The molecule has 0 amide bonds. The predicted molar refractivity (Wildman–Crippen MR) is 53.4 cm³/mol. The van der Waals surface area contributed by atoms with E-state index in [0.717, 1.165) is 11.2 Å². The van der Waals surface area contributed by atoms with Gasteiger partial charge in [0.05, 0.1) is 11.9 Å². The Morgan fingerprint density at radius 2 is 1.92 bits per heavy atom. The summed E-state index contributed by atoms with van der Waals surface area (Å²) in [4.78, 5) is 12.4. The van der Waals surface area contributed by atoms with Crippen LogP contribution in [0.3, 0.4) is 0 Å². The summed E-state index contributed by atoms with van der Waals surface area (Å²) >= 11 is 0. The quantitative estimate of drug-likeness (QED) is 0.617. The standard InChI is InChI=1S/C8H7N3.C2H6/c1-6-5-10-8-7(11-6)3-2-4-9-8;1-2/h2-5H,1H3;1-2H3. The molecule has 0 aliphatic heterocycles. The number of fused-ring (bicyclic) bond motifs is 1. The Balaban J connectivity index is 0.000000396. The molecule has 0 radical (unpaired) electrons. The normalized spacial score (nSPS) is 9.15. The fourth-order valence-corrected chi connectivity index (χ4v) is 0.949. The van der Waals surface area contributed by atoms with Crippen molar-refractivity contribution in [3.05, 3.63) is 30.2 Å². The lowest BCUT2D eigenvalue weighted by Crippen LogP contribution is -1.88. The summed E-state index contributed by atoms with van der Waals surface area (Å²) in [7, 11) is 0.